The molecule has 0 saturated heterocycles. The van der Waals surface area contributed by atoms with Crippen LogP contribution in [-0.4, -0.2) is 21.0 Å². The van der Waals surface area contributed by atoms with E-state index in [9.17, 15) is 0 Å². The minimum absolute atomic E-state index is 0.0787. The number of hydrogen-bond donors (Lipinski definition) is 4. The van der Waals surface area contributed by atoms with Crippen molar-refractivity contribution in [1.82, 2.24) is 9.13 Å². The van der Waals surface area contributed by atoms with E-state index < -0.39 is 0 Å². The van der Waals surface area contributed by atoms with Crippen molar-refractivity contribution in [3.63, 3.8) is 0 Å². The first-order chi connectivity index (χ1) is 28.8. The number of amidine groups is 1. The van der Waals surface area contributed by atoms with Gasteiger partial charge in [-0.3, -0.25) is 5.41 Å². The molecule has 7 nitrogen and oxygen atoms in total. The second kappa shape index (κ2) is 18.7. The maximum Gasteiger partial charge on any atom is 0.122 e. The number of nitrogen functional groups attached to an aromatic ring is 1. The van der Waals surface area contributed by atoms with Crippen molar-refractivity contribution in [2.45, 2.75) is 33.5 Å². The van der Waals surface area contributed by atoms with Crippen molar-refractivity contribution in [2.75, 3.05) is 10.2 Å². The second-order valence-corrected chi connectivity index (χ2v) is 13.9. The molecule has 0 radical (unpaired) electrons. The third-order valence-electron chi connectivity index (χ3n) is 10.4. The molecule has 8 rings (SSSR count). The van der Waals surface area contributed by atoms with Crippen LogP contribution in [0.1, 0.15) is 41.9 Å². The molecule has 0 spiro atoms. The Morgan fingerprint density at radius 2 is 1.49 bits per heavy atom. The van der Waals surface area contributed by atoms with Crippen LogP contribution in [0.5, 0.6) is 0 Å². The Labute approximate surface area is 348 Å². The molecule has 0 fully saturated rings. The first kappa shape index (κ1) is 41.3. The minimum atomic E-state index is -0.0787. The topological polar surface area (TPSA) is 101 Å². The zero-order chi connectivity index (χ0) is 42.1. The van der Waals surface area contributed by atoms with E-state index in [1.54, 1.807) is 0 Å². The van der Waals surface area contributed by atoms with Gasteiger partial charge < -0.3 is 30.8 Å². The molecule has 2 aliphatic rings. The van der Waals surface area contributed by atoms with E-state index in [1.807, 2.05) is 85.8 Å². The number of nitrogens with one attached hydrogen (secondary N) is 2. The van der Waals surface area contributed by atoms with Gasteiger partial charge in [-0.05, 0) is 75.4 Å². The van der Waals surface area contributed by atoms with Gasteiger partial charge in [-0.25, -0.2) is 0 Å². The van der Waals surface area contributed by atoms with E-state index >= 15 is 0 Å². The number of para-hydroxylation sites is 1. The van der Waals surface area contributed by atoms with Gasteiger partial charge in [0.1, 0.15) is 5.84 Å². The number of aryl methyl sites for hydroxylation is 1. The lowest BCUT2D eigenvalue weighted by Crippen LogP contribution is -2.32. The molecule has 296 valence electrons. The van der Waals surface area contributed by atoms with Gasteiger partial charge in [0.2, 0.25) is 0 Å². The predicted molar refractivity (Wildman–Crippen MR) is 255 cm³/mol. The van der Waals surface area contributed by atoms with Crippen LogP contribution in [-0.2, 0) is 6.67 Å². The Balaban J connectivity index is 0.000000303. The van der Waals surface area contributed by atoms with Crippen molar-refractivity contribution in [3.8, 4) is 5.69 Å². The van der Waals surface area contributed by atoms with Crippen molar-refractivity contribution >= 4 is 58.5 Å². The molecule has 0 amide bonds. The summed E-state index contributed by atoms with van der Waals surface area (Å²) < 4.78 is 4.38. The van der Waals surface area contributed by atoms with Crippen molar-refractivity contribution in [2.24, 2.45) is 11.5 Å². The van der Waals surface area contributed by atoms with Crippen LogP contribution >= 0.6 is 0 Å². The summed E-state index contributed by atoms with van der Waals surface area (Å²) >= 11 is 0. The number of benzene rings is 4. The molecule has 1 atom stereocenters. The molecule has 4 heterocycles. The van der Waals surface area contributed by atoms with Gasteiger partial charge in [-0.1, -0.05) is 141 Å². The maximum absolute atomic E-state index is 7.01. The highest BCUT2D eigenvalue weighted by molar-refractivity contribution is 5.97. The van der Waals surface area contributed by atoms with E-state index in [1.165, 1.54) is 5.56 Å². The standard InChI is InChI=1S/C38H37N5.C7H8N2.C7H8/c1-7-16-33-28(10-4)37-35(42(33)25-18-14-13-15-19-25)23-36-38(40-37)29(11-5)34(17-8-2)43(36)26-20-21-32-30(22-26)27(9-3)31(12-6)41(32)24-39;8-7(9)6-4-2-1-3-5-6;1-7-5-3-2-4-6-7/h7-23,38,40H,1,3,5-6,24,39H2,2,4H3;1-5H,(H3,8,9);2-6H,1H3/b17-8-,28-10+,33-16+;;. The van der Waals surface area contributed by atoms with Gasteiger partial charge in [0.05, 0.1) is 46.4 Å². The number of nitrogens with two attached hydrogens (primary N) is 2. The van der Waals surface area contributed by atoms with Gasteiger partial charge in [-0.2, -0.15) is 0 Å². The first-order valence-electron chi connectivity index (χ1n) is 19.7. The van der Waals surface area contributed by atoms with E-state index in [0.717, 1.165) is 78.0 Å². The average molecular weight is 776 g/mol. The third-order valence-corrected chi connectivity index (χ3v) is 10.4. The van der Waals surface area contributed by atoms with Crippen LogP contribution < -0.4 is 32.3 Å². The molecule has 59 heavy (non-hydrogen) atoms. The molecule has 1 unspecified atom stereocenters. The van der Waals surface area contributed by atoms with Crippen LogP contribution in [0.15, 0.2) is 177 Å². The van der Waals surface area contributed by atoms with Gasteiger partial charge in [-0.15, -0.1) is 0 Å². The number of hydrogen-bond acceptors (Lipinski definition) is 4. The fourth-order valence-corrected chi connectivity index (χ4v) is 7.78. The van der Waals surface area contributed by atoms with Gasteiger partial charge in [0, 0.05) is 44.4 Å². The molecule has 0 aliphatic carbocycles. The fourth-order valence-electron chi connectivity index (χ4n) is 7.78. The summed E-state index contributed by atoms with van der Waals surface area (Å²) in [6.07, 6.45) is 18.4. The lowest BCUT2D eigenvalue weighted by molar-refractivity contribution is 0.756. The third kappa shape index (κ3) is 8.10. The van der Waals surface area contributed by atoms with Gasteiger partial charge in [0.25, 0.3) is 0 Å². The summed E-state index contributed by atoms with van der Waals surface area (Å²) in [6, 6.07) is 36.4. The number of anilines is 2. The average Bonchev–Trinajstić information content (AvgIpc) is 3.87. The zero-order valence-corrected chi connectivity index (χ0v) is 34.2. The molecule has 0 saturated carbocycles. The Bertz CT molecular complexity index is 2740. The molecule has 7 heteroatoms. The molecule has 6 N–H and O–H groups in total. The molecular weight excluding hydrogens is 723 g/mol. The van der Waals surface area contributed by atoms with Crippen LogP contribution in [0, 0.1) is 12.3 Å². The Hall–Kier alpha value is -7.35. The highest BCUT2D eigenvalue weighted by Crippen LogP contribution is 2.44. The largest absolute Gasteiger partial charge is 0.384 e. The molecule has 4 aromatic carbocycles. The molecule has 2 aliphatic heterocycles. The molecule has 6 aromatic rings. The van der Waals surface area contributed by atoms with E-state index in [2.05, 4.69) is 144 Å². The van der Waals surface area contributed by atoms with Gasteiger partial charge in [0.15, 0.2) is 0 Å². The SMILES string of the molecule is C=C/C=c1\c(=C/C)c2c(n1-c1ccccc1)C=C1C(N2)C(C=C)=C(/C=C\C)N1c1ccc2c(c1)c(C=C)c(C=C)n2CN.Cc1ccccc1.N=C(N)c1ccccc1. The van der Waals surface area contributed by atoms with Crippen molar-refractivity contribution in [3.05, 3.63) is 215 Å². The summed E-state index contributed by atoms with van der Waals surface area (Å²) in [5.74, 6) is 0.121. The molecule has 2 aromatic heterocycles. The first-order valence-corrected chi connectivity index (χ1v) is 19.7. The number of aromatic nitrogens is 2. The van der Waals surface area contributed by atoms with Gasteiger partial charge >= 0.3 is 0 Å². The van der Waals surface area contributed by atoms with Crippen LogP contribution in [0.4, 0.5) is 11.4 Å². The summed E-state index contributed by atoms with van der Waals surface area (Å²) in [4.78, 5) is 2.34. The number of fused-ring (bicyclic) bond motifs is 3. The van der Waals surface area contributed by atoms with Crippen molar-refractivity contribution in [1.29, 1.82) is 5.41 Å². The minimum Gasteiger partial charge on any atom is -0.384 e. The number of rotatable bonds is 9. The highest BCUT2D eigenvalue weighted by Gasteiger charge is 2.39. The van der Waals surface area contributed by atoms with E-state index in [4.69, 9.17) is 16.9 Å². The molecule has 0 bridgehead atoms. The number of allylic oxidation sites excluding steroid dienone is 3. The summed E-state index contributed by atoms with van der Waals surface area (Å²) in [5, 5.41) is 14.2. The fraction of sp³-hybridized carbons (Fsp3) is 0.0962. The summed E-state index contributed by atoms with van der Waals surface area (Å²) in [7, 11) is 0. The Morgan fingerprint density at radius 3 is 2.00 bits per heavy atom. The maximum atomic E-state index is 7.01. The lowest BCUT2D eigenvalue weighted by atomic mass is 10.0. The summed E-state index contributed by atoms with van der Waals surface area (Å²) in [6.45, 7) is 23.0. The normalized spacial score (nSPS) is 14.7. The number of nitrogens with zero attached hydrogens (tertiary/aromatic N) is 3. The Morgan fingerprint density at radius 1 is 0.831 bits per heavy atom. The summed E-state index contributed by atoms with van der Waals surface area (Å²) in [5.41, 5.74) is 24.2. The van der Waals surface area contributed by atoms with Crippen LogP contribution in [0.25, 0.3) is 47.0 Å². The highest BCUT2D eigenvalue weighted by atomic mass is 15.2. The van der Waals surface area contributed by atoms with E-state index in [-0.39, 0.29) is 11.9 Å². The second-order valence-electron chi connectivity index (χ2n) is 13.9. The quantitative estimate of drug-likeness (QED) is 0.0868. The lowest BCUT2D eigenvalue weighted by Gasteiger charge is -2.29. The van der Waals surface area contributed by atoms with Crippen LogP contribution in [0.2, 0.25) is 0 Å². The Kier molecular flexibility index (Phi) is 13.1. The monoisotopic (exact) mass is 775 g/mol. The predicted octanol–water partition coefficient (Wildman–Crippen LogP) is 10.0. The smallest absolute Gasteiger partial charge is 0.122 e. The van der Waals surface area contributed by atoms with Crippen molar-refractivity contribution < 1.29 is 0 Å². The van der Waals surface area contributed by atoms with Crippen LogP contribution in [0.3, 0.4) is 0 Å². The van der Waals surface area contributed by atoms with E-state index in [0.29, 0.717) is 6.67 Å². The molecular formula is C52H53N7. The zero-order valence-electron chi connectivity index (χ0n) is 34.2.